The number of hydrogen-bond acceptors (Lipinski definition) is 5. The topological polar surface area (TPSA) is 95.9 Å². The molecule has 3 amide bonds. The first-order valence-electron chi connectivity index (χ1n) is 15.3. The fraction of sp³-hybridized carbons (Fsp3) is 0.343. The highest BCUT2D eigenvalue weighted by Gasteiger charge is 2.30. The zero-order valence-corrected chi connectivity index (χ0v) is 25.5. The van der Waals surface area contributed by atoms with Crippen LogP contribution in [0.2, 0.25) is 0 Å². The minimum Gasteiger partial charge on any atom is -0.447 e. The number of ether oxygens (including phenoxy) is 1. The molecule has 2 N–H and O–H groups in total. The SMILES string of the molecule is CN(Cc1cc2ccccc2n1CCC(=O)NCCCCCNC=O)N(C)C(=O)OCC1c2ccccc2-c2ccccc21. The molecule has 0 radical (unpaired) electrons. The number of carbonyl (C=O) groups is 3. The maximum Gasteiger partial charge on any atom is 0.424 e. The predicted molar refractivity (Wildman–Crippen MR) is 172 cm³/mol. The van der Waals surface area contributed by atoms with Gasteiger partial charge in [-0.2, -0.15) is 0 Å². The fourth-order valence-corrected chi connectivity index (χ4v) is 5.95. The van der Waals surface area contributed by atoms with E-state index in [1.165, 1.54) is 27.3 Å². The van der Waals surface area contributed by atoms with Gasteiger partial charge >= 0.3 is 6.09 Å². The zero-order valence-electron chi connectivity index (χ0n) is 25.5. The lowest BCUT2D eigenvalue weighted by atomic mass is 9.98. The van der Waals surface area contributed by atoms with E-state index < -0.39 is 6.09 Å². The average molecular weight is 596 g/mol. The second-order valence-electron chi connectivity index (χ2n) is 11.2. The van der Waals surface area contributed by atoms with E-state index in [0.29, 0.717) is 39.0 Å². The molecule has 0 bridgehead atoms. The summed E-state index contributed by atoms with van der Waals surface area (Å²) in [6.07, 6.45) is 3.35. The van der Waals surface area contributed by atoms with Crippen LogP contribution >= 0.6 is 0 Å². The van der Waals surface area contributed by atoms with E-state index in [4.69, 9.17) is 4.74 Å². The number of carbonyl (C=O) groups excluding carboxylic acids is 3. The molecule has 0 fully saturated rings. The van der Waals surface area contributed by atoms with Gasteiger partial charge in [0.05, 0.1) is 6.54 Å². The molecule has 1 aliphatic rings. The number of fused-ring (bicyclic) bond motifs is 4. The molecule has 0 atom stereocenters. The van der Waals surface area contributed by atoms with Crippen molar-refractivity contribution in [1.82, 2.24) is 25.2 Å². The van der Waals surface area contributed by atoms with Crippen LogP contribution in [0.25, 0.3) is 22.0 Å². The summed E-state index contributed by atoms with van der Waals surface area (Å²) in [6.45, 7) is 2.53. The van der Waals surface area contributed by atoms with Gasteiger partial charge in [-0.1, -0.05) is 66.7 Å². The molecule has 44 heavy (non-hydrogen) atoms. The van der Waals surface area contributed by atoms with Gasteiger partial charge in [0.15, 0.2) is 0 Å². The van der Waals surface area contributed by atoms with E-state index in [0.717, 1.165) is 35.9 Å². The van der Waals surface area contributed by atoms with Crippen molar-refractivity contribution >= 4 is 29.3 Å². The van der Waals surface area contributed by atoms with Crippen molar-refractivity contribution in [2.24, 2.45) is 0 Å². The van der Waals surface area contributed by atoms with Gasteiger partial charge in [0.25, 0.3) is 0 Å². The highest BCUT2D eigenvalue weighted by atomic mass is 16.6. The summed E-state index contributed by atoms with van der Waals surface area (Å²) in [6, 6.07) is 26.8. The number of unbranched alkanes of at least 4 members (excludes halogenated alkanes) is 2. The molecule has 1 aromatic heterocycles. The Morgan fingerprint density at radius 2 is 1.55 bits per heavy atom. The molecule has 9 heteroatoms. The third kappa shape index (κ3) is 7.11. The Labute approximate surface area is 258 Å². The highest BCUT2D eigenvalue weighted by Crippen LogP contribution is 2.44. The fourth-order valence-electron chi connectivity index (χ4n) is 5.95. The van der Waals surface area contributed by atoms with Gasteiger partial charge in [0, 0.05) is 57.3 Å². The smallest absolute Gasteiger partial charge is 0.424 e. The monoisotopic (exact) mass is 595 g/mol. The number of hydrogen-bond donors (Lipinski definition) is 2. The Morgan fingerprint density at radius 3 is 2.27 bits per heavy atom. The molecule has 9 nitrogen and oxygen atoms in total. The first kappa shape index (κ1) is 30.8. The molecule has 0 aliphatic heterocycles. The van der Waals surface area contributed by atoms with E-state index in [1.54, 1.807) is 7.05 Å². The minimum absolute atomic E-state index is 0.00166. The van der Waals surface area contributed by atoms with Gasteiger partial charge < -0.3 is 19.9 Å². The number of para-hydroxylation sites is 1. The third-order valence-electron chi connectivity index (χ3n) is 8.37. The van der Waals surface area contributed by atoms with Gasteiger partial charge in [-0.05, 0) is 59.0 Å². The van der Waals surface area contributed by atoms with Crippen LogP contribution in [0.1, 0.15) is 48.4 Å². The maximum atomic E-state index is 13.2. The standard InChI is InChI=1S/C35H41N5O4/c1-38(39(2)35(43)44-24-32-30-15-7-5-13-28(30)29-14-6-8-16-31(29)32)23-27-22-26-12-4-9-17-33(26)40(27)21-18-34(42)37-20-11-3-10-19-36-25-41/h4-9,12-17,22,25,32H,3,10-11,18-21,23-24H2,1-2H3,(H,36,41)(H,37,42). The van der Waals surface area contributed by atoms with Crippen LogP contribution in [0.3, 0.4) is 0 Å². The zero-order chi connectivity index (χ0) is 30.9. The molecule has 230 valence electrons. The number of benzene rings is 3. The first-order chi connectivity index (χ1) is 21.5. The Hall–Kier alpha value is -4.63. The van der Waals surface area contributed by atoms with Gasteiger partial charge in [-0.3, -0.25) is 9.59 Å². The lowest BCUT2D eigenvalue weighted by Crippen LogP contribution is -2.41. The van der Waals surface area contributed by atoms with E-state index in [1.807, 2.05) is 48.5 Å². The molecule has 0 saturated heterocycles. The lowest BCUT2D eigenvalue weighted by Gasteiger charge is -2.28. The second kappa shape index (κ2) is 14.7. The predicted octanol–water partition coefficient (Wildman–Crippen LogP) is 5.29. The quantitative estimate of drug-likeness (QED) is 0.111. The van der Waals surface area contributed by atoms with Crippen LogP contribution in [0, 0.1) is 0 Å². The van der Waals surface area contributed by atoms with Gasteiger partial charge in [0.1, 0.15) is 6.61 Å². The number of hydrazine groups is 1. The van der Waals surface area contributed by atoms with Crippen molar-refractivity contribution in [3.8, 4) is 11.1 Å². The molecule has 5 rings (SSSR count). The molecule has 1 aliphatic carbocycles. The van der Waals surface area contributed by atoms with Crippen LogP contribution in [0.5, 0.6) is 0 Å². The molecule has 0 spiro atoms. The number of nitrogens with one attached hydrogen (secondary N) is 2. The Morgan fingerprint density at radius 1 is 0.886 bits per heavy atom. The van der Waals surface area contributed by atoms with Crippen LogP contribution in [-0.2, 0) is 27.4 Å². The summed E-state index contributed by atoms with van der Waals surface area (Å²) in [7, 11) is 3.58. The van der Waals surface area contributed by atoms with E-state index in [2.05, 4.69) is 57.7 Å². The van der Waals surface area contributed by atoms with Crippen LogP contribution in [0.4, 0.5) is 4.79 Å². The van der Waals surface area contributed by atoms with E-state index >= 15 is 0 Å². The average Bonchev–Trinajstić information content (AvgIpc) is 3.56. The third-order valence-corrected chi connectivity index (χ3v) is 8.37. The summed E-state index contributed by atoms with van der Waals surface area (Å²) in [5.74, 6) is 0.00191. The number of aromatic nitrogens is 1. The Kier molecular flexibility index (Phi) is 10.3. The molecule has 0 unspecified atom stereocenters. The van der Waals surface area contributed by atoms with Gasteiger partial charge in [-0.25, -0.2) is 14.8 Å². The van der Waals surface area contributed by atoms with Crippen molar-refractivity contribution in [2.75, 3.05) is 33.8 Å². The number of rotatable bonds is 15. The Balaban J connectivity index is 1.17. The maximum absolute atomic E-state index is 13.2. The molecular formula is C35H41N5O4. The summed E-state index contributed by atoms with van der Waals surface area (Å²) >= 11 is 0. The first-order valence-corrected chi connectivity index (χ1v) is 15.3. The van der Waals surface area contributed by atoms with Crippen molar-refractivity contribution in [2.45, 2.75) is 44.7 Å². The van der Waals surface area contributed by atoms with Crippen molar-refractivity contribution in [1.29, 1.82) is 0 Å². The summed E-state index contributed by atoms with van der Waals surface area (Å²) in [5.41, 5.74) is 6.80. The molecule has 1 heterocycles. The van der Waals surface area contributed by atoms with Gasteiger partial charge in [-0.15, -0.1) is 0 Å². The summed E-state index contributed by atoms with van der Waals surface area (Å²) in [4.78, 5) is 36.1. The largest absolute Gasteiger partial charge is 0.447 e. The van der Waals surface area contributed by atoms with Crippen molar-refractivity contribution < 1.29 is 19.1 Å². The van der Waals surface area contributed by atoms with Crippen LogP contribution < -0.4 is 10.6 Å². The lowest BCUT2D eigenvalue weighted by molar-refractivity contribution is -0.121. The molecule has 4 aromatic rings. The van der Waals surface area contributed by atoms with Gasteiger partial charge in [0.2, 0.25) is 12.3 Å². The number of aryl methyl sites for hydroxylation is 1. The number of nitrogens with zero attached hydrogens (tertiary/aromatic N) is 3. The second-order valence-corrected chi connectivity index (χ2v) is 11.2. The molecule has 3 aromatic carbocycles. The van der Waals surface area contributed by atoms with E-state index in [-0.39, 0.29) is 18.4 Å². The summed E-state index contributed by atoms with van der Waals surface area (Å²) < 4.78 is 8.02. The van der Waals surface area contributed by atoms with Crippen molar-refractivity contribution in [3.63, 3.8) is 0 Å². The van der Waals surface area contributed by atoms with E-state index in [9.17, 15) is 14.4 Å². The number of amides is 3. The van der Waals surface area contributed by atoms with Crippen LogP contribution in [-0.4, -0.2) is 66.8 Å². The Bertz CT molecular complexity index is 1550. The van der Waals surface area contributed by atoms with Crippen molar-refractivity contribution in [3.05, 3.63) is 95.7 Å². The molecule has 0 saturated carbocycles. The minimum atomic E-state index is -0.418. The highest BCUT2D eigenvalue weighted by molar-refractivity contribution is 5.82. The van der Waals surface area contributed by atoms with Crippen LogP contribution in [0.15, 0.2) is 78.9 Å². The summed E-state index contributed by atoms with van der Waals surface area (Å²) in [5, 5.41) is 10.1. The normalized spacial score (nSPS) is 12.2. The molecular weight excluding hydrogens is 554 g/mol.